The van der Waals surface area contributed by atoms with E-state index < -0.39 is 124 Å². The summed E-state index contributed by atoms with van der Waals surface area (Å²) in [6.45, 7) is 1.60. The molecule has 77 heavy (non-hydrogen) atoms. The predicted octanol–water partition coefficient (Wildman–Crippen LogP) is 4.48. The van der Waals surface area contributed by atoms with Crippen LogP contribution in [0.4, 0.5) is 0 Å². The first-order chi connectivity index (χ1) is 37.3. The van der Waals surface area contributed by atoms with Crippen LogP contribution in [-0.4, -0.2) is 193 Å². The number of hydrogen-bond acceptors (Lipinski definition) is 18. The van der Waals surface area contributed by atoms with Crippen molar-refractivity contribution in [2.45, 2.75) is 272 Å². The van der Waals surface area contributed by atoms with Gasteiger partial charge >= 0.3 is 0 Å². The molecule has 3 rings (SSSR count). The highest BCUT2D eigenvalue weighted by Gasteiger charge is 2.53. The van der Waals surface area contributed by atoms with Gasteiger partial charge in [0.25, 0.3) is 0 Å². The third-order valence-electron chi connectivity index (χ3n) is 14.3. The van der Waals surface area contributed by atoms with Crippen molar-refractivity contribution in [2.24, 2.45) is 0 Å². The Hall–Kier alpha value is -2.51. The number of amides is 1. The Kier molecular flexibility index (Phi) is 37.0. The molecule has 446 valence electrons. The number of rotatable bonds is 41. The van der Waals surface area contributed by atoms with Gasteiger partial charge in [-0.05, 0) is 77.0 Å². The molecular weight excluding hydrogens is 999 g/mol. The van der Waals surface area contributed by atoms with Crippen LogP contribution in [0.2, 0.25) is 0 Å². The van der Waals surface area contributed by atoms with Gasteiger partial charge in [0.1, 0.15) is 73.2 Å². The molecule has 19 heteroatoms. The average Bonchev–Trinajstić information content (AvgIpc) is 3.42. The molecule has 0 spiro atoms. The topological polar surface area (TPSA) is 307 Å². The molecule has 0 bridgehead atoms. The zero-order chi connectivity index (χ0) is 56.2. The number of ether oxygens (including phenoxy) is 6. The van der Waals surface area contributed by atoms with E-state index in [2.05, 4.69) is 67.8 Å². The maximum absolute atomic E-state index is 13.3. The number of carbonyl (C=O) groups is 1. The van der Waals surface area contributed by atoms with Crippen LogP contribution in [0, 0.1) is 0 Å². The predicted molar refractivity (Wildman–Crippen MR) is 291 cm³/mol. The molecule has 3 saturated heterocycles. The van der Waals surface area contributed by atoms with Crippen molar-refractivity contribution in [3.05, 3.63) is 60.8 Å². The molecule has 3 aliphatic heterocycles. The number of nitrogens with one attached hydrogen (secondary N) is 1. The summed E-state index contributed by atoms with van der Waals surface area (Å²) in [5.41, 5.74) is 0. The molecule has 12 N–H and O–H groups in total. The molecule has 1 amide bonds. The van der Waals surface area contributed by atoms with Crippen molar-refractivity contribution in [1.82, 2.24) is 5.32 Å². The molecule has 19 nitrogen and oxygen atoms in total. The summed E-state index contributed by atoms with van der Waals surface area (Å²) >= 11 is 0. The summed E-state index contributed by atoms with van der Waals surface area (Å²) in [6, 6.07) is -0.999. The first kappa shape index (κ1) is 68.8. The minimum atomic E-state index is -1.98. The maximum atomic E-state index is 13.3. The Balaban J connectivity index is 1.52. The Morgan fingerprint density at radius 2 is 0.870 bits per heavy atom. The molecule has 3 aliphatic rings. The summed E-state index contributed by atoms with van der Waals surface area (Å²) in [7, 11) is 0. The van der Waals surface area contributed by atoms with E-state index in [9.17, 15) is 61.0 Å². The highest BCUT2D eigenvalue weighted by atomic mass is 16.8. The highest BCUT2D eigenvalue weighted by molar-refractivity contribution is 5.76. The first-order valence-electron chi connectivity index (χ1n) is 29.0. The van der Waals surface area contributed by atoms with Crippen LogP contribution >= 0.6 is 0 Å². The number of hydrogen-bond donors (Lipinski definition) is 12. The van der Waals surface area contributed by atoms with Gasteiger partial charge in [-0.1, -0.05) is 145 Å². The largest absolute Gasteiger partial charge is 0.394 e. The number of carbonyl (C=O) groups excluding carboxylic acids is 1. The van der Waals surface area contributed by atoms with E-state index in [1.54, 1.807) is 6.08 Å². The van der Waals surface area contributed by atoms with Crippen LogP contribution in [0.15, 0.2) is 60.8 Å². The van der Waals surface area contributed by atoms with Gasteiger partial charge in [-0.25, -0.2) is 0 Å². The van der Waals surface area contributed by atoms with Crippen LogP contribution < -0.4 is 5.32 Å². The van der Waals surface area contributed by atoms with Crippen molar-refractivity contribution in [1.29, 1.82) is 0 Å². The third kappa shape index (κ3) is 25.9. The molecule has 0 saturated carbocycles. The number of allylic oxidation sites excluding steroid dienone is 9. The van der Waals surface area contributed by atoms with Crippen LogP contribution in [-0.2, 0) is 33.2 Å². The lowest BCUT2D eigenvalue weighted by Crippen LogP contribution is -2.66. The zero-order valence-corrected chi connectivity index (χ0v) is 46.2. The molecule has 0 aromatic carbocycles. The van der Waals surface area contributed by atoms with Gasteiger partial charge in [0.15, 0.2) is 18.9 Å². The van der Waals surface area contributed by atoms with E-state index in [1.807, 2.05) is 6.08 Å². The summed E-state index contributed by atoms with van der Waals surface area (Å²) < 4.78 is 34.2. The first-order valence-corrected chi connectivity index (χ1v) is 29.0. The molecule has 0 radical (unpaired) electrons. The highest BCUT2D eigenvalue weighted by Crippen LogP contribution is 2.33. The monoisotopic (exact) mass is 1100 g/mol. The van der Waals surface area contributed by atoms with Gasteiger partial charge in [0, 0.05) is 6.42 Å². The fourth-order valence-corrected chi connectivity index (χ4v) is 9.43. The molecule has 17 unspecified atom stereocenters. The third-order valence-corrected chi connectivity index (χ3v) is 14.3. The second-order valence-corrected chi connectivity index (χ2v) is 20.7. The van der Waals surface area contributed by atoms with Crippen molar-refractivity contribution < 1.29 is 89.4 Å². The second-order valence-electron chi connectivity index (χ2n) is 20.7. The van der Waals surface area contributed by atoms with E-state index in [-0.39, 0.29) is 18.9 Å². The lowest BCUT2D eigenvalue weighted by atomic mass is 9.96. The second kappa shape index (κ2) is 41.5. The summed E-state index contributed by atoms with van der Waals surface area (Å²) in [4.78, 5) is 13.3. The Morgan fingerprint density at radius 1 is 0.468 bits per heavy atom. The summed E-state index contributed by atoms with van der Waals surface area (Å²) in [6.07, 6.45) is 19.2. The molecule has 0 aliphatic carbocycles. The standard InChI is InChI=1S/C58H101NO18/c1-3-5-7-9-11-13-15-17-18-19-20-21-22-24-26-28-30-32-34-36-46(64)59-41(42(63)35-33-31-29-27-25-23-16-14-12-10-8-6-4-2)40-72-56-52(70)49(67)54(44(38-61)74-56)77-58-53(71)50(68)55(45(39-62)75-58)76-57-51(69)48(66)47(65)43(37-60)73-57/h11-14,17-18,25,27,33,35,41-45,47-58,60-63,65-71H,3-10,15-16,19-24,26,28-32,34,36-40H2,1-2H3,(H,59,64)/b13-11-,14-12+,18-17-,27-25+,35-33+. The summed E-state index contributed by atoms with van der Waals surface area (Å²) in [5, 5.41) is 120. The molecule has 17 atom stereocenters. The normalized spacial score (nSPS) is 31.2. The van der Waals surface area contributed by atoms with Crippen LogP contribution in [0.1, 0.15) is 168 Å². The van der Waals surface area contributed by atoms with Crippen LogP contribution in [0.3, 0.4) is 0 Å². The summed E-state index contributed by atoms with van der Waals surface area (Å²) in [5.74, 6) is -0.299. The van der Waals surface area contributed by atoms with Crippen molar-refractivity contribution >= 4 is 5.91 Å². The van der Waals surface area contributed by atoms with Crippen molar-refractivity contribution in [2.75, 3.05) is 26.4 Å². The number of aliphatic hydroxyl groups is 11. The van der Waals surface area contributed by atoms with Crippen molar-refractivity contribution in [3.63, 3.8) is 0 Å². The lowest BCUT2D eigenvalue weighted by Gasteiger charge is -2.48. The minimum absolute atomic E-state index is 0.224. The van der Waals surface area contributed by atoms with Gasteiger partial charge in [-0.3, -0.25) is 4.79 Å². The average molecular weight is 1100 g/mol. The fraction of sp³-hybridized carbons (Fsp3) is 0.810. The number of aliphatic hydroxyl groups excluding tert-OH is 11. The van der Waals surface area contributed by atoms with Gasteiger partial charge < -0.3 is 89.9 Å². The SMILES string of the molecule is CCCCC/C=C\C/C=C\CCCCCCCCCCCC(=O)NC(COC1OC(CO)C(OC2OC(CO)C(OC3OC(CO)C(O)C(O)C3O)C(O)C2O)C(O)C1O)C(O)/C=C/CC/C=C/CC/C=C/CCCCC. The van der Waals surface area contributed by atoms with Crippen LogP contribution in [0.25, 0.3) is 0 Å². The lowest BCUT2D eigenvalue weighted by molar-refractivity contribution is -0.379. The molecule has 0 aromatic heterocycles. The van der Waals surface area contributed by atoms with E-state index in [4.69, 9.17) is 28.4 Å². The van der Waals surface area contributed by atoms with E-state index in [1.165, 1.54) is 70.6 Å². The van der Waals surface area contributed by atoms with Gasteiger partial charge in [0.05, 0.1) is 38.6 Å². The van der Waals surface area contributed by atoms with Gasteiger partial charge in [-0.2, -0.15) is 0 Å². The molecule has 3 heterocycles. The van der Waals surface area contributed by atoms with Gasteiger partial charge in [0.2, 0.25) is 5.91 Å². The molecular formula is C58H101NO18. The molecule has 3 fully saturated rings. The van der Waals surface area contributed by atoms with Crippen LogP contribution in [0.5, 0.6) is 0 Å². The Morgan fingerprint density at radius 3 is 1.38 bits per heavy atom. The number of unbranched alkanes of at least 4 members (excludes halogenated alkanes) is 17. The van der Waals surface area contributed by atoms with Crippen molar-refractivity contribution in [3.8, 4) is 0 Å². The molecule has 0 aromatic rings. The fourth-order valence-electron chi connectivity index (χ4n) is 9.43. The minimum Gasteiger partial charge on any atom is -0.394 e. The zero-order valence-electron chi connectivity index (χ0n) is 46.2. The Labute approximate surface area is 458 Å². The van der Waals surface area contributed by atoms with E-state index in [0.29, 0.717) is 12.8 Å². The van der Waals surface area contributed by atoms with E-state index in [0.717, 1.165) is 64.2 Å². The van der Waals surface area contributed by atoms with E-state index >= 15 is 0 Å². The quantitative estimate of drug-likeness (QED) is 0.0297. The smallest absolute Gasteiger partial charge is 0.220 e. The Bertz CT molecular complexity index is 1650. The van der Waals surface area contributed by atoms with Gasteiger partial charge in [-0.15, -0.1) is 0 Å². The maximum Gasteiger partial charge on any atom is 0.220 e.